The molecule has 0 aliphatic carbocycles. The lowest BCUT2D eigenvalue weighted by Crippen LogP contribution is -2.48. The first kappa shape index (κ1) is 15.2. The smallest absolute Gasteiger partial charge is 0.321 e. The van der Waals surface area contributed by atoms with Gasteiger partial charge in [0.2, 0.25) is 0 Å². The zero-order valence-corrected chi connectivity index (χ0v) is 13.2. The number of carbonyl (C=O) groups is 1. The molecular formula is C17H25N3O2. The number of ether oxygens (including phenoxy) is 1. The van der Waals surface area contributed by atoms with Crippen LogP contribution in [-0.4, -0.2) is 44.2 Å². The summed E-state index contributed by atoms with van der Waals surface area (Å²) in [6.07, 6.45) is 4.76. The van der Waals surface area contributed by atoms with Gasteiger partial charge in [0.15, 0.2) is 0 Å². The van der Waals surface area contributed by atoms with Gasteiger partial charge in [0.1, 0.15) is 5.75 Å². The fraction of sp³-hybridized carbons (Fsp3) is 0.588. The van der Waals surface area contributed by atoms with Gasteiger partial charge in [0.25, 0.3) is 0 Å². The third kappa shape index (κ3) is 3.35. The number of piperidine rings is 2. The molecule has 2 heterocycles. The summed E-state index contributed by atoms with van der Waals surface area (Å²) < 4.78 is 5.13. The predicted octanol–water partition coefficient (Wildman–Crippen LogP) is 2.69. The molecule has 2 aliphatic rings. The maximum absolute atomic E-state index is 12.4. The number of benzene rings is 1. The van der Waals surface area contributed by atoms with Crippen molar-refractivity contribution in [1.82, 2.24) is 10.2 Å². The Balaban J connectivity index is 1.53. The molecule has 120 valence electrons. The Morgan fingerprint density at radius 2 is 1.77 bits per heavy atom. The van der Waals surface area contributed by atoms with Crippen molar-refractivity contribution in [3.8, 4) is 5.75 Å². The highest BCUT2D eigenvalue weighted by atomic mass is 16.5. The molecule has 5 nitrogen and oxygen atoms in total. The van der Waals surface area contributed by atoms with Crippen LogP contribution < -0.4 is 15.4 Å². The fourth-order valence-corrected chi connectivity index (χ4v) is 3.52. The zero-order chi connectivity index (χ0) is 15.4. The van der Waals surface area contributed by atoms with Crippen LogP contribution in [0.1, 0.15) is 25.7 Å². The normalized spacial score (nSPS) is 20.7. The SMILES string of the molecule is COc1ccc(NC(=O)N2CCC3(CCNCC3)CC2)cc1. The minimum Gasteiger partial charge on any atom is -0.497 e. The van der Waals surface area contributed by atoms with Crippen LogP contribution in [0.4, 0.5) is 10.5 Å². The lowest BCUT2D eigenvalue weighted by Gasteiger charge is -2.44. The number of rotatable bonds is 2. The number of hydrogen-bond acceptors (Lipinski definition) is 3. The summed E-state index contributed by atoms with van der Waals surface area (Å²) in [5.41, 5.74) is 1.29. The van der Waals surface area contributed by atoms with Crippen LogP contribution in [-0.2, 0) is 0 Å². The molecule has 1 aromatic rings. The number of anilines is 1. The van der Waals surface area contributed by atoms with Gasteiger partial charge in [-0.2, -0.15) is 0 Å². The molecule has 0 aromatic heterocycles. The molecule has 3 rings (SSSR count). The van der Waals surface area contributed by atoms with E-state index in [1.165, 1.54) is 12.8 Å². The second-order valence-corrected chi connectivity index (χ2v) is 6.40. The van der Waals surface area contributed by atoms with E-state index < -0.39 is 0 Å². The van der Waals surface area contributed by atoms with Gasteiger partial charge in [0, 0.05) is 18.8 Å². The number of nitrogens with zero attached hydrogens (tertiary/aromatic N) is 1. The second kappa shape index (κ2) is 6.57. The molecule has 22 heavy (non-hydrogen) atoms. The predicted molar refractivity (Wildman–Crippen MR) is 87.4 cm³/mol. The number of nitrogens with one attached hydrogen (secondary N) is 2. The van der Waals surface area contributed by atoms with Crippen LogP contribution in [0.15, 0.2) is 24.3 Å². The van der Waals surface area contributed by atoms with Gasteiger partial charge in [0.05, 0.1) is 7.11 Å². The van der Waals surface area contributed by atoms with E-state index in [-0.39, 0.29) is 6.03 Å². The molecule has 0 unspecified atom stereocenters. The number of amides is 2. The first-order chi connectivity index (χ1) is 10.7. The summed E-state index contributed by atoms with van der Waals surface area (Å²) in [5, 5.41) is 6.40. The summed E-state index contributed by atoms with van der Waals surface area (Å²) >= 11 is 0. The van der Waals surface area contributed by atoms with Crippen molar-refractivity contribution in [2.24, 2.45) is 5.41 Å². The largest absolute Gasteiger partial charge is 0.497 e. The molecular weight excluding hydrogens is 278 g/mol. The topological polar surface area (TPSA) is 53.6 Å². The van der Waals surface area contributed by atoms with Gasteiger partial charge < -0.3 is 20.3 Å². The van der Waals surface area contributed by atoms with Crippen molar-refractivity contribution >= 4 is 11.7 Å². The number of likely N-dealkylation sites (tertiary alicyclic amines) is 1. The minimum atomic E-state index is 0.00829. The van der Waals surface area contributed by atoms with Crippen molar-refractivity contribution in [3.63, 3.8) is 0 Å². The van der Waals surface area contributed by atoms with Gasteiger partial charge in [-0.05, 0) is 68.5 Å². The summed E-state index contributed by atoms with van der Waals surface area (Å²) in [5.74, 6) is 0.795. The van der Waals surface area contributed by atoms with E-state index in [1.807, 2.05) is 29.2 Å². The monoisotopic (exact) mass is 303 g/mol. The maximum atomic E-state index is 12.4. The molecule has 0 bridgehead atoms. The van der Waals surface area contributed by atoms with Crippen molar-refractivity contribution < 1.29 is 9.53 Å². The van der Waals surface area contributed by atoms with E-state index in [4.69, 9.17) is 4.74 Å². The first-order valence-electron chi connectivity index (χ1n) is 8.12. The van der Waals surface area contributed by atoms with Crippen molar-refractivity contribution in [2.45, 2.75) is 25.7 Å². The van der Waals surface area contributed by atoms with E-state index in [2.05, 4.69) is 10.6 Å². The molecule has 2 aliphatic heterocycles. The Kier molecular flexibility index (Phi) is 4.52. The van der Waals surface area contributed by atoms with Gasteiger partial charge >= 0.3 is 6.03 Å². The third-order valence-electron chi connectivity index (χ3n) is 5.12. The average Bonchev–Trinajstić information content (AvgIpc) is 2.57. The van der Waals surface area contributed by atoms with Crippen molar-refractivity contribution in [3.05, 3.63) is 24.3 Å². The fourth-order valence-electron chi connectivity index (χ4n) is 3.52. The van der Waals surface area contributed by atoms with Gasteiger partial charge in [-0.3, -0.25) is 0 Å². The molecule has 2 saturated heterocycles. The second-order valence-electron chi connectivity index (χ2n) is 6.40. The molecule has 2 fully saturated rings. The minimum absolute atomic E-state index is 0.00829. The summed E-state index contributed by atoms with van der Waals surface area (Å²) in [6.45, 7) is 3.97. The molecule has 1 spiro atoms. The molecule has 0 atom stereocenters. The molecule has 1 aromatic carbocycles. The van der Waals surface area contributed by atoms with Gasteiger partial charge in [-0.15, -0.1) is 0 Å². The molecule has 0 radical (unpaired) electrons. The highest BCUT2D eigenvalue weighted by Gasteiger charge is 2.36. The van der Waals surface area contributed by atoms with E-state index in [0.717, 1.165) is 50.5 Å². The van der Waals surface area contributed by atoms with E-state index >= 15 is 0 Å². The number of hydrogen-bond donors (Lipinski definition) is 2. The van der Waals surface area contributed by atoms with E-state index in [0.29, 0.717) is 5.41 Å². The highest BCUT2D eigenvalue weighted by Crippen LogP contribution is 2.39. The third-order valence-corrected chi connectivity index (χ3v) is 5.12. The highest BCUT2D eigenvalue weighted by molar-refractivity contribution is 5.89. The summed E-state index contributed by atoms with van der Waals surface area (Å²) in [7, 11) is 1.64. The zero-order valence-electron chi connectivity index (χ0n) is 13.2. The van der Waals surface area contributed by atoms with Crippen LogP contribution in [0.5, 0.6) is 5.75 Å². The van der Waals surface area contributed by atoms with E-state index in [9.17, 15) is 4.79 Å². The number of carbonyl (C=O) groups excluding carboxylic acids is 1. The molecule has 0 saturated carbocycles. The van der Waals surface area contributed by atoms with Gasteiger partial charge in [-0.25, -0.2) is 4.79 Å². The number of methoxy groups -OCH3 is 1. The van der Waals surface area contributed by atoms with Crippen LogP contribution >= 0.6 is 0 Å². The van der Waals surface area contributed by atoms with Crippen molar-refractivity contribution in [1.29, 1.82) is 0 Å². The molecule has 2 N–H and O–H groups in total. The maximum Gasteiger partial charge on any atom is 0.321 e. The Bertz CT molecular complexity index is 499. The van der Waals surface area contributed by atoms with Crippen LogP contribution in [0.3, 0.4) is 0 Å². The molecule has 5 heteroatoms. The average molecular weight is 303 g/mol. The van der Waals surface area contributed by atoms with Crippen LogP contribution in [0, 0.1) is 5.41 Å². The molecule has 2 amide bonds. The quantitative estimate of drug-likeness (QED) is 0.883. The Hall–Kier alpha value is -1.75. The Morgan fingerprint density at radius 1 is 1.14 bits per heavy atom. The lowest BCUT2D eigenvalue weighted by molar-refractivity contribution is 0.0915. The summed E-state index contributed by atoms with van der Waals surface area (Å²) in [4.78, 5) is 14.3. The van der Waals surface area contributed by atoms with Crippen molar-refractivity contribution in [2.75, 3.05) is 38.6 Å². The standard InChI is InChI=1S/C17H25N3O2/c1-22-15-4-2-14(3-5-15)19-16(21)20-12-8-17(9-13-20)6-10-18-11-7-17/h2-5,18H,6-13H2,1H3,(H,19,21). The van der Waals surface area contributed by atoms with Crippen LogP contribution in [0.2, 0.25) is 0 Å². The van der Waals surface area contributed by atoms with Crippen LogP contribution in [0.25, 0.3) is 0 Å². The summed E-state index contributed by atoms with van der Waals surface area (Å²) in [6, 6.07) is 7.46. The van der Waals surface area contributed by atoms with E-state index in [1.54, 1.807) is 7.11 Å². The first-order valence-corrected chi connectivity index (χ1v) is 8.12. The number of urea groups is 1. The van der Waals surface area contributed by atoms with Gasteiger partial charge in [-0.1, -0.05) is 0 Å². The Labute approximate surface area is 132 Å². The lowest BCUT2D eigenvalue weighted by atomic mass is 9.72. The Morgan fingerprint density at radius 3 is 2.36 bits per heavy atom.